The lowest BCUT2D eigenvalue weighted by atomic mass is 10.1. The zero-order chi connectivity index (χ0) is 22.5. The Morgan fingerprint density at radius 3 is 2.85 bits per heavy atom. The number of hydrogen-bond donors (Lipinski definition) is 1. The van der Waals surface area contributed by atoms with E-state index in [4.69, 9.17) is 14.1 Å². The van der Waals surface area contributed by atoms with Gasteiger partial charge in [0.2, 0.25) is 0 Å². The van der Waals surface area contributed by atoms with Gasteiger partial charge in [-0.25, -0.2) is 9.67 Å². The topological polar surface area (TPSA) is 98.3 Å². The molecule has 170 valence electrons. The SMILES string of the molecule is O=C(NCCCN1CCOCC1)c1cc(-c2cccnc2)nc2c1cnn2Cc1ccco1. The van der Waals surface area contributed by atoms with Gasteiger partial charge >= 0.3 is 0 Å². The first kappa shape index (κ1) is 21.3. The van der Waals surface area contributed by atoms with Crippen LogP contribution < -0.4 is 5.32 Å². The second-order valence-electron chi connectivity index (χ2n) is 7.98. The minimum atomic E-state index is -0.132. The molecule has 1 fully saturated rings. The van der Waals surface area contributed by atoms with E-state index in [1.807, 2.05) is 30.3 Å². The third kappa shape index (κ3) is 4.94. The molecule has 4 aromatic heterocycles. The number of morpholine rings is 1. The van der Waals surface area contributed by atoms with Crippen molar-refractivity contribution in [3.8, 4) is 11.3 Å². The Bertz CT molecular complexity index is 1200. The first-order valence-corrected chi connectivity index (χ1v) is 11.2. The molecule has 1 saturated heterocycles. The quantitative estimate of drug-likeness (QED) is 0.416. The van der Waals surface area contributed by atoms with E-state index in [2.05, 4.69) is 20.3 Å². The van der Waals surface area contributed by atoms with Crippen molar-refractivity contribution in [2.75, 3.05) is 39.4 Å². The molecule has 1 amide bonds. The van der Waals surface area contributed by atoms with Crippen LogP contribution in [-0.4, -0.2) is 69.9 Å². The summed E-state index contributed by atoms with van der Waals surface area (Å²) in [6, 6.07) is 9.33. The molecular weight excluding hydrogens is 420 g/mol. The lowest BCUT2D eigenvalue weighted by molar-refractivity contribution is 0.0374. The molecule has 0 aromatic carbocycles. The van der Waals surface area contributed by atoms with Crippen molar-refractivity contribution >= 4 is 16.9 Å². The Labute approximate surface area is 191 Å². The summed E-state index contributed by atoms with van der Waals surface area (Å²) in [6.07, 6.45) is 7.66. The summed E-state index contributed by atoms with van der Waals surface area (Å²) >= 11 is 0. The van der Waals surface area contributed by atoms with E-state index in [1.54, 1.807) is 29.5 Å². The molecule has 33 heavy (non-hydrogen) atoms. The van der Waals surface area contributed by atoms with E-state index in [0.29, 0.717) is 35.4 Å². The number of ether oxygens (including phenoxy) is 1. The lowest BCUT2D eigenvalue weighted by Crippen LogP contribution is -2.38. The van der Waals surface area contributed by atoms with Crippen LogP contribution in [0, 0.1) is 0 Å². The molecule has 0 atom stereocenters. The van der Waals surface area contributed by atoms with Gasteiger partial charge in [0.25, 0.3) is 5.91 Å². The van der Waals surface area contributed by atoms with Crippen LogP contribution in [-0.2, 0) is 11.3 Å². The van der Waals surface area contributed by atoms with Crippen LogP contribution in [0.15, 0.2) is 59.6 Å². The maximum absolute atomic E-state index is 13.2. The van der Waals surface area contributed by atoms with Crippen molar-refractivity contribution in [3.05, 3.63) is 66.5 Å². The molecule has 9 nitrogen and oxygen atoms in total. The normalized spacial score (nSPS) is 14.5. The van der Waals surface area contributed by atoms with Gasteiger partial charge in [-0.05, 0) is 43.3 Å². The molecule has 0 radical (unpaired) electrons. The molecule has 0 saturated carbocycles. The molecule has 0 bridgehead atoms. The molecule has 1 aliphatic rings. The first-order chi connectivity index (χ1) is 16.3. The van der Waals surface area contributed by atoms with Crippen molar-refractivity contribution in [1.29, 1.82) is 0 Å². The predicted octanol–water partition coefficient (Wildman–Crippen LogP) is 2.59. The average molecular weight is 447 g/mol. The van der Waals surface area contributed by atoms with Crippen molar-refractivity contribution in [2.24, 2.45) is 0 Å². The van der Waals surface area contributed by atoms with E-state index in [1.165, 1.54) is 0 Å². The van der Waals surface area contributed by atoms with Crippen LogP contribution in [0.3, 0.4) is 0 Å². The number of pyridine rings is 2. The number of furan rings is 1. The standard InChI is InChI=1S/C24H26N6O3/c31-24(26-7-3-8-29-9-12-32-13-10-29)20-14-22(18-4-1-6-25-15-18)28-23-21(20)16-27-30(23)17-19-5-2-11-33-19/h1-2,4-6,11,14-16H,3,7-10,12-13,17H2,(H,26,31). The molecule has 0 unspecified atom stereocenters. The summed E-state index contributed by atoms with van der Waals surface area (Å²) in [5.41, 5.74) is 2.70. The lowest BCUT2D eigenvalue weighted by Gasteiger charge is -2.26. The van der Waals surface area contributed by atoms with E-state index in [0.717, 1.165) is 50.6 Å². The molecule has 5 heterocycles. The van der Waals surface area contributed by atoms with Gasteiger partial charge in [0.15, 0.2) is 5.65 Å². The Kier molecular flexibility index (Phi) is 6.41. The Morgan fingerprint density at radius 2 is 2.06 bits per heavy atom. The van der Waals surface area contributed by atoms with Gasteiger partial charge in [-0.3, -0.25) is 14.7 Å². The highest BCUT2D eigenvalue weighted by molar-refractivity contribution is 6.06. The fourth-order valence-electron chi connectivity index (χ4n) is 3.99. The molecule has 0 spiro atoms. The third-order valence-electron chi connectivity index (χ3n) is 5.74. The summed E-state index contributed by atoms with van der Waals surface area (Å²) in [5, 5.41) is 8.26. The van der Waals surface area contributed by atoms with Gasteiger partial charge in [0, 0.05) is 37.6 Å². The minimum absolute atomic E-state index is 0.132. The molecule has 1 N–H and O–H groups in total. The molecule has 4 aromatic rings. The second-order valence-corrected chi connectivity index (χ2v) is 7.98. The maximum atomic E-state index is 13.2. The Morgan fingerprint density at radius 1 is 1.15 bits per heavy atom. The van der Waals surface area contributed by atoms with Gasteiger partial charge in [0.05, 0.1) is 42.3 Å². The van der Waals surface area contributed by atoms with E-state index in [-0.39, 0.29) is 5.91 Å². The van der Waals surface area contributed by atoms with Crippen LogP contribution in [0.4, 0.5) is 0 Å². The Balaban J connectivity index is 1.39. The summed E-state index contributed by atoms with van der Waals surface area (Å²) in [6.45, 7) is 5.42. The number of fused-ring (bicyclic) bond motifs is 1. The van der Waals surface area contributed by atoms with Crippen molar-refractivity contribution in [2.45, 2.75) is 13.0 Å². The minimum Gasteiger partial charge on any atom is -0.467 e. The smallest absolute Gasteiger partial charge is 0.252 e. The number of carbonyl (C=O) groups excluding carboxylic acids is 1. The molecular formula is C24H26N6O3. The monoisotopic (exact) mass is 446 g/mol. The van der Waals surface area contributed by atoms with Gasteiger partial charge in [-0.15, -0.1) is 0 Å². The van der Waals surface area contributed by atoms with Crippen molar-refractivity contribution < 1.29 is 13.9 Å². The van der Waals surface area contributed by atoms with Gasteiger partial charge in [-0.2, -0.15) is 5.10 Å². The highest BCUT2D eigenvalue weighted by atomic mass is 16.5. The summed E-state index contributed by atoms with van der Waals surface area (Å²) < 4.78 is 12.6. The number of rotatable bonds is 8. The van der Waals surface area contributed by atoms with Gasteiger partial charge < -0.3 is 14.5 Å². The van der Waals surface area contributed by atoms with Gasteiger partial charge in [-0.1, -0.05) is 0 Å². The highest BCUT2D eigenvalue weighted by Crippen LogP contribution is 2.25. The number of carbonyl (C=O) groups is 1. The predicted molar refractivity (Wildman–Crippen MR) is 123 cm³/mol. The number of aromatic nitrogens is 4. The third-order valence-corrected chi connectivity index (χ3v) is 5.74. The van der Waals surface area contributed by atoms with Crippen LogP contribution in [0.1, 0.15) is 22.5 Å². The fourth-order valence-corrected chi connectivity index (χ4v) is 3.99. The van der Waals surface area contributed by atoms with Crippen LogP contribution in [0.5, 0.6) is 0 Å². The zero-order valence-electron chi connectivity index (χ0n) is 18.3. The summed E-state index contributed by atoms with van der Waals surface area (Å²) in [4.78, 5) is 24.5. The summed E-state index contributed by atoms with van der Waals surface area (Å²) in [5.74, 6) is 0.634. The van der Waals surface area contributed by atoms with Crippen LogP contribution in [0.2, 0.25) is 0 Å². The fraction of sp³-hybridized carbons (Fsp3) is 0.333. The molecule has 0 aliphatic carbocycles. The number of hydrogen-bond acceptors (Lipinski definition) is 7. The Hall–Kier alpha value is -3.56. The number of nitrogens with one attached hydrogen (secondary N) is 1. The van der Waals surface area contributed by atoms with E-state index >= 15 is 0 Å². The van der Waals surface area contributed by atoms with Crippen molar-refractivity contribution in [1.82, 2.24) is 30.0 Å². The van der Waals surface area contributed by atoms with E-state index < -0.39 is 0 Å². The van der Waals surface area contributed by atoms with Crippen LogP contribution >= 0.6 is 0 Å². The molecule has 9 heteroatoms. The maximum Gasteiger partial charge on any atom is 0.252 e. The second kappa shape index (κ2) is 9.93. The largest absolute Gasteiger partial charge is 0.467 e. The van der Waals surface area contributed by atoms with Gasteiger partial charge in [0.1, 0.15) is 12.3 Å². The summed E-state index contributed by atoms with van der Waals surface area (Å²) in [7, 11) is 0. The molecule has 5 rings (SSSR count). The molecule has 1 aliphatic heterocycles. The zero-order valence-corrected chi connectivity index (χ0v) is 18.3. The van der Waals surface area contributed by atoms with E-state index in [9.17, 15) is 4.79 Å². The number of nitrogens with zero attached hydrogens (tertiary/aromatic N) is 5. The number of amides is 1. The average Bonchev–Trinajstić information content (AvgIpc) is 3.53. The van der Waals surface area contributed by atoms with Crippen LogP contribution in [0.25, 0.3) is 22.3 Å². The van der Waals surface area contributed by atoms with Crippen molar-refractivity contribution in [3.63, 3.8) is 0 Å². The highest BCUT2D eigenvalue weighted by Gasteiger charge is 2.18. The first-order valence-electron chi connectivity index (χ1n) is 11.2.